The number of hydrogen-bond acceptors (Lipinski definition) is 5. The molecule has 0 radical (unpaired) electrons. The Kier molecular flexibility index (Phi) is 7.52. The van der Waals surface area contributed by atoms with Crippen molar-refractivity contribution in [3.05, 3.63) is 35.9 Å². The summed E-state index contributed by atoms with van der Waals surface area (Å²) in [5.41, 5.74) is 0. The maximum absolute atomic E-state index is 13.9. The lowest BCUT2D eigenvalue weighted by atomic mass is 9.95. The maximum Gasteiger partial charge on any atom is 0.230 e. The van der Waals surface area contributed by atoms with E-state index in [1.165, 1.54) is 37.1 Å². The van der Waals surface area contributed by atoms with Crippen molar-refractivity contribution >= 4 is 17.7 Å². The van der Waals surface area contributed by atoms with Gasteiger partial charge in [-0.05, 0) is 45.7 Å². The van der Waals surface area contributed by atoms with Crippen molar-refractivity contribution in [2.45, 2.75) is 76.2 Å². The Morgan fingerprint density at radius 1 is 1.24 bits per heavy atom. The number of aromatic nitrogens is 3. The average molecular weight is 421 g/mol. The van der Waals surface area contributed by atoms with Gasteiger partial charge >= 0.3 is 0 Å². The van der Waals surface area contributed by atoms with Crippen molar-refractivity contribution in [3.63, 3.8) is 0 Å². The molecule has 1 saturated carbocycles. The van der Waals surface area contributed by atoms with Crippen molar-refractivity contribution in [2.24, 2.45) is 0 Å². The fourth-order valence-electron chi connectivity index (χ4n) is 3.58. The summed E-state index contributed by atoms with van der Waals surface area (Å²) in [6, 6.07) is 6.68. The van der Waals surface area contributed by atoms with Gasteiger partial charge in [0.25, 0.3) is 0 Å². The number of benzene rings is 1. The maximum atomic E-state index is 13.9. The van der Waals surface area contributed by atoms with Gasteiger partial charge in [-0.2, -0.15) is 0 Å². The second kappa shape index (κ2) is 10.1. The lowest BCUT2D eigenvalue weighted by molar-refractivity contribution is -0.119. The number of nitrogens with zero attached hydrogens (tertiary/aromatic N) is 3. The number of rotatable bonds is 8. The fraction of sp³-hybridized carbons (Fsp3) is 0.571. The second-order valence-corrected chi connectivity index (χ2v) is 8.63. The largest absolute Gasteiger partial charge is 0.480 e. The summed E-state index contributed by atoms with van der Waals surface area (Å²) < 4.78 is 21.6. The standard InChI is InChI=1S/C21H29FN4O2S/c1-14(2)26-20(15(3)28-18-12-8-7-11-17(18)22)24-25-21(26)29-13-19(27)23-16-9-5-4-6-10-16/h7-8,11-12,14-16H,4-6,9-10,13H2,1-3H3,(H,23,27). The Bertz CT molecular complexity index is 821. The minimum atomic E-state index is -0.479. The van der Waals surface area contributed by atoms with Crippen LogP contribution in [-0.2, 0) is 4.79 Å². The number of para-hydroxylation sites is 1. The first-order valence-corrected chi connectivity index (χ1v) is 11.2. The third-order valence-corrected chi connectivity index (χ3v) is 5.96. The van der Waals surface area contributed by atoms with Crippen molar-refractivity contribution in [1.29, 1.82) is 0 Å². The lowest BCUT2D eigenvalue weighted by Crippen LogP contribution is -2.37. The molecule has 1 unspecified atom stereocenters. The van der Waals surface area contributed by atoms with Gasteiger partial charge in [-0.25, -0.2) is 4.39 Å². The number of amides is 1. The number of thioether (sulfide) groups is 1. The van der Waals surface area contributed by atoms with E-state index >= 15 is 0 Å². The van der Waals surface area contributed by atoms with Crippen LogP contribution in [0.4, 0.5) is 4.39 Å². The molecule has 8 heteroatoms. The fourth-order valence-corrected chi connectivity index (χ4v) is 4.46. The van der Waals surface area contributed by atoms with Gasteiger partial charge in [0.2, 0.25) is 5.91 Å². The molecule has 1 N–H and O–H groups in total. The SMILES string of the molecule is CC(Oc1ccccc1F)c1nnc(SCC(=O)NC2CCCCC2)n1C(C)C. The molecule has 158 valence electrons. The van der Waals surface area contributed by atoms with E-state index in [0.717, 1.165) is 12.8 Å². The number of halogens is 1. The van der Waals surface area contributed by atoms with Gasteiger partial charge < -0.3 is 14.6 Å². The molecule has 0 spiro atoms. The number of nitrogens with one attached hydrogen (secondary N) is 1. The van der Waals surface area contributed by atoms with Crippen LogP contribution in [0.3, 0.4) is 0 Å². The summed E-state index contributed by atoms with van der Waals surface area (Å²) in [5.74, 6) is 0.698. The monoisotopic (exact) mass is 420 g/mol. The van der Waals surface area contributed by atoms with Gasteiger partial charge in [-0.3, -0.25) is 4.79 Å². The third kappa shape index (κ3) is 5.72. The molecule has 1 amide bonds. The molecule has 1 atom stereocenters. The number of ether oxygens (including phenoxy) is 1. The zero-order valence-corrected chi connectivity index (χ0v) is 18.0. The Labute approximate surface area is 175 Å². The summed E-state index contributed by atoms with van der Waals surface area (Å²) in [5, 5.41) is 12.3. The van der Waals surface area contributed by atoms with Gasteiger partial charge in [0.15, 0.2) is 28.7 Å². The molecule has 0 aliphatic heterocycles. The van der Waals surface area contributed by atoms with E-state index in [2.05, 4.69) is 15.5 Å². The number of carbonyl (C=O) groups excluding carboxylic acids is 1. The van der Waals surface area contributed by atoms with Crippen molar-refractivity contribution in [2.75, 3.05) is 5.75 Å². The topological polar surface area (TPSA) is 69.0 Å². The van der Waals surface area contributed by atoms with Crippen LogP contribution in [0.1, 0.15) is 70.8 Å². The molecule has 2 aromatic rings. The van der Waals surface area contributed by atoms with Crippen LogP contribution >= 0.6 is 11.8 Å². The van der Waals surface area contributed by atoms with Crippen molar-refractivity contribution < 1.29 is 13.9 Å². The quantitative estimate of drug-likeness (QED) is 0.628. The Morgan fingerprint density at radius 3 is 2.66 bits per heavy atom. The van der Waals surface area contributed by atoms with E-state index < -0.39 is 11.9 Å². The molecular formula is C21H29FN4O2S. The van der Waals surface area contributed by atoms with Crippen LogP contribution in [0, 0.1) is 5.82 Å². The number of hydrogen-bond donors (Lipinski definition) is 1. The van der Waals surface area contributed by atoms with Gasteiger partial charge in [0.1, 0.15) is 0 Å². The highest BCUT2D eigenvalue weighted by Gasteiger charge is 2.23. The van der Waals surface area contributed by atoms with E-state index in [-0.39, 0.29) is 17.7 Å². The van der Waals surface area contributed by atoms with Crippen molar-refractivity contribution in [3.8, 4) is 5.75 Å². The first-order valence-electron chi connectivity index (χ1n) is 10.2. The molecule has 1 aliphatic rings. The van der Waals surface area contributed by atoms with E-state index in [0.29, 0.717) is 22.8 Å². The highest BCUT2D eigenvalue weighted by molar-refractivity contribution is 7.99. The molecule has 1 aromatic carbocycles. The Balaban J connectivity index is 1.64. The highest BCUT2D eigenvalue weighted by atomic mass is 32.2. The van der Waals surface area contributed by atoms with Gasteiger partial charge in [-0.1, -0.05) is 43.2 Å². The molecule has 29 heavy (non-hydrogen) atoms. The van der Waals surface area contributed by atoms with Crippen molar-refractivity contribution in [1.82, 2.24) is 20.1 Å². The average Bonchev–Trinajstić information content (AvgIpc) is 3.13. The summed E-state index contributed by atoms with van der Waals surface area (Å²) in [6.45, 7) is 5.86. The summed E-state index contributed by atoms with van der Waals surface area (Å²) in [6.07, 6.45) is 5.27. The summed E-state index contributed by atoms with van der Waals surface area (Å²) >= 11 is 1.37. The zero-order chi connectivity index (χ0) is 20.8. The second-order valence-electron chi connectivity index (χ2n) is 7.69. The minimum Gasteiger partial charge on any atom is -0.480 e. The molecule has 0 bridgehead atoms. The van der Waals surface area contributed by atoms with Crippen LogP contribution in [-0.4, -0.2) is 32.5 Å². The normalized spacial score (nSPS) is 16.0. The first-order chi connectivity index (χ1) is 14.0. The predicted octanol–water partition coefficient (Wildman–Crippen LogP) is 4.68. The van der Waals surface area contributed by atoms with Crippen LogP contribution in [0.5, 0.6) is 5.75 Å². The predicted molar refractivity (Wildman–Crippen MR) is 112 cm³/mol. The molecule has 0 saturated heterocycles. The van der Waals surface area contributed by atoms with Gasteiger partial charge in [0.05, 0.1) is 5.75 Å². The molecule has 1 heterocycles. The smallest absolute Gasteiger partial charge is 0.230 e. The summed E-state index contributed by atoms with van der Waals surface area (Å²) in [7, 11) is 0. The van der Waals surface area contributed by atoms with Gasteiger partial charge in [-0.15, -0.1) is 10.2 Å². The lowest BCUT2D eigenvalue weighted by Gasteiger charge is -2.22. The van der Waals surface area contributed by atoms with Crippen LogP contribution in [0.15, 0.2) is 29.4 Å². The van der Waals surface area contributed by atoms with Crippen LogP contribution in [0.25, 0.3) is 0 Å². The summed E-state index contributed by atoms with van der Waals surface area (Å²) in [4.78, 5) is 12.3. The Morgan fingerprint density at radius 2 is 1.97 bits per heavy atom. The third-order valence-electron chi connectivity index (χ3n) is 5.01. The molecule has 6 nitrogen and oxygen atoms in total. The zero-order valence-electron chi connectivity index (χ0n) is 17.2. The Hall–Kier alpha value is -2.09. The first kappa shape index (κ1) is 21.6. The van der Waals surface area contributed by atoms with E-state index in [9.17, 15) is 9.18 Å². The van der Waals surface area contributed by atoms with E-state index in [1.807, 2.05) is 25.3 Å². The van der Waals surface area contributed by atoms with E-state index in [1.54, 1.807) is 18.2 Å². The minimum absolute atomic E-state index is 0.0254. The number of carbonyl (C=O) groups is 1. The molecule has 3 rings (SSSR count). The van der Waals surface area contributed by atoms with Crippen LogP contribution in [0.2, 0.25) is 0 Å². The molecule has 1 aromatic heterocycles. The van der Waals surface area contributed by atoms with E-state index in [4.69, 9.17) is 4.74 Å². The molecular weight excluding hydrogens is 391 g/mol. The molecule has 1 fully saturated rings. The van der Waals surface area contributed by atoms with Crippen LogP contribution < -0.4 is 10.1 Å². The highest BCUT2D eigenvalue weighted by Crippen LogP contribution is 2.28. The molecule has 1 aliphatic carbocycles. The van der Waals surface area contributed by atoms with Gasteiger partial charge in [0, 0.05) is 12.1 Å².